The first-order valence-corrected chi connectivity index (χ1v) is 10.7. The molecule has 28 heavy (non-hydrogen) atoms. The molecule has 2 saturated heterocycles. The van der Waals surface area contributed by atoms with Crippen molar-refractivity contribution in [3.8, 4) is 11.5 Å². The van der Waals surface area contributed by atoms with Crippen molar-refractivity contribution < 1.29 is 19.3 Å². The molecule has 3 heterocycles. The molecule has 0 bridgehead atoms. The van der Waals surface area contributed by atoms with E-state index >= 15 is 0 Å². The average molecular weight is 390 g/mol. The molecule has 1 aromatic carbocycles. The molecule has 0 aliphatic carbocycles. The molecular formula is C23H35NO4. The average Bonchev–Trinajstić information content (AvgIpc) is 3.14. The Balaban J connectivity index is 1.55. The Morgan fingerprint density at radius 3 is 2.75 bits per heavy atom. The van der Waals surface area contributed by atoms with Crippen molar-refractivity contribution in [2.75, 3.05) is 33.4 Å². The molecule has 0 unspecified atom stereocenters. The summed E-state index contributed by atoms with van der Waals surface area (Å²) in [7, 11) is 1.70. The second-order valence-corrected chi connectivity index (χ2v) is 9.89. The van der Waals surface area contributed by atoms with E-state index in [-0.39, 0.29) is 23.7 Å². The molecule has 5 nitrogen and oxygen atoms in total. The lowest BCUT2D eigenvalue weighted by Gasteiger charge is -2.47. The Morgan fingerprint density at radius 2 is 2.07 bits per heavy atom. The molecule has 0 amide bonds. The minimum absolute atomic E-state index is 0.113. The summed E-state index contributed by atoms with van der Waals surface area (Å²) in [5.41, 5.74) is 2.87. The maximum Gasteiger partial charge on any atom is 0.162 e. The molecule has 1 aromatic rings. The Labute approximate surface area is 169 Å². The molecule has 156 valence electrons. The maximum absolute atomic E-state index is 10.9. The molecule has 0 aromatic heterocycles. The first kappa shape index (κ1) is 20.0. The monoisotopic (exact) mass is 389 g/mol. The molecule has 2 fully saturated rings. The minimum Gasteiger partial charge on any atom is -0.493 e. The number of fused-ring (bicyclic) bond motifs is 3. The summed E-state index contributed by atoms with van der Waals surface area (Å²) in [5.74, 6) is 1.97. The number of benzene rings is 1. The molecule has 0 spiro atoms. The van der Waals surface area contributed by atoms with Gasteiger partial charge in [0.25, 0.3) is 0 Å². The second kappa shape index (κ2) is 7.85. The fourth-order valence-corrected chi connectivity index (χ4v) is 5.12. The predicted molar refractivity (Wildman–Crippen MR) is 109 cm³/mol. The van der Waals surface area contributed by atoms with E-state index in [0.717, 1.165) is 56.9 Å². The van der Waals surface area contributed by atoms with Gasteiger partial charge in [-0.1, -0.05) is 20.8 Å². The Bertz CT molecular complexity index is 693. The van der Waals surface area contributed by atoms with Gasteiger partial charge in [0, 0.05) is 25.6 Å². The smallest absolute Gasteiger partial charge is 0.162 e. The number of aliphatic hydroxyl groups excluding tert-OH is 1. The summed E-state index contributed by atoms with van der Waals surface area (Å²) in [4.78, 5) is 2.57. The number of piperidine rings is 1. The van der Waals surface area contributed by atoms with Gasteiger partial charge in [-0.05, 0) is 53.9 Å². The number of rotatable bonds is 4. The lowest BCUT2D eigenvalue weighted by Crippen LogP contribution is -2.48. The highest BCUT2D eigenvalue weighted by Crippen LogP contribution is 2.44. The van der Waals surface area contributed by atoms with E-state index in [1.165, 1.54) is 11.1 Å². The highest BCUT2D eigenvalue weighted by Gasteiger charge is 2.40. The van der Waals surface area contributed by atoms with E-state index in [2.05, 4.69) is 37.8 Å². The summed E-state index contributed by atoms with van der Waals surface area (Å²) >= 11 is 0. The second-order valence-electron chi connectivity index (χ2n) is 9.89. The molecule has 3 aliphatic rings. The van der Waals surface area contributed by atoms with Gasteiger partial charge in [0.1, 0.15) is 6.10 Å². The number of hydrogen-bond donors (Lipinski definition) is 1. The number of ether oxygens (including phenoxy) is 3. The zero-order valence-electron chi connectivity index (χ0n) is 17.7. The molecule has 0 radical (unpaired) electrons. The number of nitrogens with zero attached hydrogens (tertiary/aromatic N) is 1. The van der Waals surface area contributed by atoms with Crippen molar-refractivity contribution in [2.45, 2.75) is 64.7 Å². The van der Waals surface area contributed by atoms with Gasteiger partial charge in [0.15, 0.2) is 11.5 Å². The number of methoxy groups -OCH3 is 1. The zero-order chi connectivity index (χ0) is 19.9. The maximum atomic E-state index is 10.9. The van der Waals surface area contributed by atoms with Gasteiger partial charge in [-0.25, -0.2) is 0 Å². The fourth-order valence-electron chi connectivity index (χ4n) is 5.12. The lowest BCUT2D eigenvalue weighted by molar-refractivity contribution is -0.0259. The number of hydrogen-bond acceptors (Lipinski definition) is 5. The van der Waals surface area contributed by atoms with Crippen molar-refractivity contribution in [3.05, 3.63) is 23.3 Å². The third-order valence-corrected chi connectivity index (χ3v) is 6.43. The molecule has 3 aliphatic heterocycles. The van der Waals surface area contributed by atoms with Crippen LogP contribution in [0.5, 0.6) is 11.5 Å². The summed E-state index contributed by atoms with van der Waals surface area (Å²) in [6.07, 6.45) is 3.67. The first-order chi connectivity index (χ1) is 13.3. The third-order valence-electron chi connectivity index (χ3n) is 6.43. The van der Waals surface area contributed by atoms with Gasteiger partial charge in [-0.15, -0.1) is 0 Å². The quantitative estimate of drug-likeness (QED) is 0.853. The Morgan fingerprint density at radius 1 is 1.25 bits per heavy atom. The van der Waals surface area contributed by atoms with E-state index in [0.29, 0.717) is 12.5 Å². The van der Waals surface area contributed by atoms with Crippen LogP contribution in [0.4, 0.5) is 0 Å². The van der Waals surface area contributed by atoms with Crippen molar-refractivity contribution in [1.29, 1.82) is 0 Å². The van der Waals surface area contributed by atoms with Crippen molar-refractivity contribution in [2.24, 2.45) is 11.3 Å². The zero-order valence-corrected chi connectivity index (χ0v) is 17.7. The van der Waals surface area contributed by atoms with Crippen LogP contribution in [-0.2, 0) is 11.2 Å². The Hall–Kier alpha value is -1.30. The van der Waals surface area contributed by atoms with Gasteiger partial charge >= 0.3 is 0 Å². The van der Waals surface area contributed by atoms with Crippen LogP contribution in [-0.4, -0.2) is 55.6 Å². The number of aliphatic hydroxyl groups is 1. The fraction of sp³-hybridized carbons (Fsp3) is 0.739. The van der Waals surface area contributed by atoms with Crippen molar-refractivity contribution in [1.82, 2.24) is 4.90 Å². The molecule has 0 saturated carbocycles. The highest BCUT2D eigenvalue weighted by atomic mass is 16.6. The summed E-state index contributed by atoms with van der Waals surface area (Å²) < 4.78 is 17.3. The SMILES string of the molecule is COc1cc2c(cc1O[C@H]1CCOC1)CCN1C[C@@H](CC(C)(C)C)[C@H](O)C[C@H]21. The third kappa shape index (κ3) is 4.17. The summed E-state index contributed by atoms with van der Waals surface area (Å²) in [6.45, 7) is 10.2. The molecule has 5 heteroatoms. The standard InChI is InChI=1S/C23H35NO4/c1-23(2,3)12-16-13-24-7-5-15-9-22(28-17-6-8-27-14-17)21(26-4)10-18(15)19(24)11-20(16)25/h9-10,16-17,19-20,25H,5-8,11-14H2,1-4H3/t16-,17+,19-,20-/m1/s1. The lowest BCUT2D eigenvalue weighted by atomic mass is 9.75. The van der Waals surface area contributed by atoms with Crippen LogP contribution in [0.3, 0.4) is 0 Å². The van der Waals surface area contributed by atoms with Crippen molar-refractivity contribution in [3.63, 3.8) is 0 Å². The van der Waals surface area contributed by atoms with Gasteiger partial charge in [-0.3, -0.25) is 4.90 Å². The first-order valence-electron chi connectivity index (χ1n) is 10.7. The van der Waals surface area contributed by atoms with Crippen LogP contribution < -0.4 is 9.47 Å². The Kier molecular flexibility index (Phi) is 5.60. The van der Waals surface area contributed by atoms with Crippen LogP contribution in [0.1, 0.15) is 57.2 Å². The van der Waals surface area contributed by atoms with Crippen LogP contribution >= 0.6 is 0 Å². The topological polar surface area (TPSA) is 51.2 Å². The van der Waals surface area contributed by atoms with E-state index in [1.54, 1.807) is 7.11 Å². The highest BCUT2D eigenvalue weighted by molar-refractivity contribution is 5.50. The van der Waals surface area contributed by atoms with Gasteiger partial charge < -0.3 is 19.3 Å². The van der Waals surface area contributed by atoms with E-state index in [9.17, 15) is 5.11 Å². The van der Waals surface area contributed by atoms with Crippen LogP contribution in [0.15, 0.2) is 12.1 Å². The summed E-state index contributed by atoms with van der Waals surface area (Å²) in [5, 5.41) is 10.9. The van der Waals surface area contributed by atoms with Gasteiger partial charge in [-0.2, -0.15) is 0 Å². The van der Waals surface area contributed by atoms with Crippen LogP contribution in [0, 0.1) is 11.3 Å². The van der Waals surface area contributed by atoms with E-state index in [1.807, 2.05) is 0 Å². The predicted octanol–water partition coefficient (Wildman–Crippen LogP) is 3.58. The van der Waals surface area contributed by atoms with Gasteiger partial charge in [0.2, 0.25) is 0 Å². The summed E-state index contributed by atoms with van der Waals surface area (Å²) in [6, 6.07) is 4.58. The molecule has 4 atom stereocenters. The van der Waals surface area contributed by atoms with E-state index < -0.39 is 0 Å². The molecular weight excluding hydrogens is 354 g/mol. The van der Waals surface area contributed by atoms with Crippen molar-refractivity contribution >= 4 is 0 Å². The molecule has 1 N–H and O–H groups in total. The normalized spacial score (nSPS) is 30.6. The largest absolute Gasteiger partial charge is 0.493 e. The minimum atomic E-state index is -0.246. The molecule has 4 rings (SSSR count). The van der Waals surface area contributed by atoms with Crippen LogP contribution in [0.25, 0.3) is 0 Å². The van der Waals surface area contributed by atoms with E-state index in [4.69, 9.17) is 14.2 Å². The van der Waals surface area contributed by atoms with Crippen LogP contribution in [0.2, 0.25) is 0 Å². The van der Waals surface area contributed by atoms with Gasteiger partial charge in [0.05, 0.1) is 26.4 Å².